The quantitative estimate of drug-likeness (QED) is 0.719. The summed E-state index contributed by atoms with van der Waals surface area (Å²) in [5.41, 5.74) is 0.514. The van der Waals surface area contributed by atoms with E-state index in [-0.39, 0.29) is 0 Å². The second-order valence-electron chi connectivity index (χ2n) is 5.27. The van der Waals surface area contributed by atoms with Crippen molar-refractivity contribution in [2.24, 2.45) is 0 Å². The SMILES string of the molecule is CC(C)(C)OC(=O)N1CCOc2ccc(C#N)cc21. The molecule has 0 spiro atoms. The first kappa shape index (κ1) is 13.2. The van der Waals surface area contributed by atoms with Gasteiger partial charge in [-0.25, -0.2) is 4.79 Å². The lowest BCUT2D eigenvalue weighted by molar-refractivity contribution is 0.0568. The molecule has 1 aliphatic heterocycles. The smallest absolute Gasteiger partial charge is 0.415 e. The second kappa shape index (κ2) is 4.81. The van der Waals surface area contributed by atoms with Crippen molar-refractivity contribution < 1.29 is 14.3 Å². The van der Waals surface area contributed by atoms with Gasteiger partial charge in [0.15, 0.2) is 0 Å². The summed E-state index contributed by atoms with van der Waals surface area (Å²) in [6.45, 7) is 6.28. The minimum atomic E-state index is -0.553. The van der Waals surface area contributed by atoms with Gasteiger partial charge in [0.1, 0.15) is 18.0 Å². The summed E-state index contributed by atoms with van der Waals surface area (Å²) in [6, 6.07) is 7.05. The lowest BCUT2D eigenvalue weighted by Crippen LogP contribution is -2.41. The minimum Gasteiger partial charge on any atom is -0.490 e. The fourth-order valence-corrected chi connectivity index (χ4v) is 1.79. The van der Waals surface area contributed by atoms with Crippen LogP contribution in [0.5, 0.6) is 5.75 Å². The van der Waals surface area contributed by atoms with Crippen LogP contribution in [0.2, 0.25) is 0 Å². The highest BCUT2D eigenvalue weighted by atomic mass is 16.6. The van der Waals surface area contributed by atoms with E-state index in [0.29, 0.717) is 30.2 Å². The van der Waals surface area contributed by atoms with E-state index in [9.17, 15) is 4.79 Å². The highest BCUT2D eigenvalue weighted by Gasteiger charge is 2.28. The van der Waals surface area contributed by atoms with Gasteiger partial charge >= 0.3 is 6.09 Å². The monoisotopic (exact) mass is 260 g/mol. The van der Waals surface area contributed by atoms with Crippen LogP contribution in [0.25, 0.3) is 0 Å². The van der Waals surface area contributed by atoms with Crippen molar-refractivity contribution in [3.05, 3.63) is 23.8 Å². The van der Waals surface area contributed by atoms with E-state index < -0.39 is 11.7 Å². The van der Waals surface area contributed by atoms with Crippen LogP contribution < -0.4 is 9.64 Å². The maximum Gasteiger partial charge on any atom is 0.415 e. The van der Waals surface area contributed by atoms with Crippen molar-refractivity contribution in [3.63, 3.8) is 0 Å². The topological polar surface area (TPSA) is 62.6 Å². The number of anilines is 1. The molecule has 0 saturated heterocycles. The molecule has 1 heterocycles. The zero-order valence-electron chi connectivity index (χ0n) is 11.3. The molecule has 1 aromatic rings. The molecule has 0 unspecified atom stereocenters. The van der Waals surface area contributed by atoms with Crippen LogP contribution in [0.15, 0.2) is 18.2 Å². The van der Waals surface area contributed by atoms with E-state index in [1.54, 1.807) is 18.2 Å². The standard InChI is InChI=1S/C14H16N2O3/c1-14(2,3)19-13(17)16-6-7-18-12-5-4-10(9-15)8-11(12)16/h4-5,8H,6-7H2,1-3H3. The molecule has 0 fully saturated rings. The van der Waals surface area contributed by atoms with Gasteiger partial charge < -0.3 is 9.47 Å². The van der Waals surface area contributed by atoms with E-state index in [0.717, 1.165) is 0 Å². The molecule has 2 rings (SSSR count). The zero-order chi connectivity index (χ0) is 14.0. The van der Waals surface area contributed by atoms with Crippen molar-refractivity contribution in [2.75, 3.05) is 18.1 Å². The molecule has 0 radical (unpaired) electrons. The van der Waals surface area contributed by atoms with E-state index >= 15 is 0 Å². The number of hydrogen-bond acceptors (Lipinski definition) is 4. The molecule has 0 aromatic heterocycles. The average molecular weight is 260 g/mol. The molecule has 1 aliphatic rings. The Labute approximate surface area is 112 Å². The predicted octanol–water partition coefficient (Wildman–Crippen LogP) is 2.69. The third kappa shape index (κ3) is 2.97. The Balaban J connectivity index is 2.31. The maximum absolute atomic E-state index is 12.1. The highest BCUT2D eigenvalue weighted by Crippen LogP contribution is 2.33. The lowest BCUT2D eigenvalue weighted by Gasteiger charge is -2.31. The van der Waals surface area contributed by atoms with Gasteiger partial charge in [0.2, 0.25) is 0 Å². The summed E-state index contributed by atoms with van der Waals surface area (Å²) in [5, 5.41) is 8.92. The summed E-state index contributed by atoms with van der Waals surface area (Å²) >= 11 is 0. The largest absolute Gasteiger partial charge is 0.490 e. The fraction of sp³-hybridized carbons (Fsp3) is 0.429. The molecule has 1 amide bonds. The zero-order valence-corrected chi connectivity index (χ0v) is 11.3. The Morgan fingerprint density at radius 2 is 2.21 bits per heavy atom. The number of nitrogens with zero attached hydrogens (tertiary/aromatic N) is 2. The maximum atomic E-state index is 12.1. The van der Waals surface area contributed by atoms with Crippen molar-refractivity contribution in [2.45, 2.75) is 26.4 Å². The van der Waals surface area contributed by atoms with Crippen LogP contribution in [0.4, 0.5) is 10.5 Å². The molecule has 0 N–H and O–H groups in total. The molecule has 0 saturated carbocycles. The van der Waals surface area contributed by atoms with Gasteiger partial charge in [-0.1, -0.05) is 0 Å². The van der Waals surface area contributed by atoms with Crippen molar-refractivity contribution in [1.82, 2.24) is 0 Å². The molecule has 0 atom stereocenters. The second-order valence-corrected chi connectivity index (χ2v) is 5.27. The molecule has 100 valence electrons. The average Bonchev–Trinajstić information content (AvgIpc) is 2.35. The van der Waals surface area contributed by atoms with Crippen molar-refractivity contribution in [3.8, 4) is 11.8 Å². The Morgan fingerprint density at radius 3 is 2.84 bits per heavy atom. The molecule has 5 heteroatoms. The van der Waals surface area contributed by atoms with Crippen molar-refractivity contribution in [1.29, 1.82) is 5.26 Å². The first-order chi connectivity index (χ1) is 8.90. The number of rotatable bonds is 0. The molecule has 19 heavy (non-hydrogen) atoms. The number of carbonyl (C=O) groups is 1. The third-order valence-electron chi connectivity index (χ3n) is 2.57. The molecule has 5 nitrogen and oxygen atoms in total. The highest BCUT2D eigenvalue weighted by molar-refractivity contribution is 5.90. The van der Waals surface area contributed by atoms with Gasteiger partial charge in [-0.2, -0.15) is 5.26 Å². The van der Waals surface area contributed by atoms with Crippen molar-refractivity contribution >= 4 is 11.8 Å². The van der Waals surface area contributed by atoms with Gasteiger partial charge in [-0.15, -0.1) is 0 Å². The Kier molecular flexibility index (Phi) is 3.34. The third-order valence-corrected chi connectivity index (χ3v) is 2.57. The van der Waals surface area contributed by atoms with Gasteiger partial charge in [0.25, 0.3) is 0 Å². The van der Waals surface area contributed by atoms with E-state index in [1.807, 2.05) is 20.8 Å². The lowest BCUT2D eigenvalue weighted by atomic mass is 10.1. The number of carbonyl (C=O) groups excluding carboxylic acids is 1. The van der Waals surface area contributed by atoms with Gasteiger partial charge in [0, 0.05) is 0 Å². The Morgan fingerprint density at radius 1 is 1.47 bits per heavy atom. The fourth-order valence-electron chi connectivity index (χ4n) is 1.79. The molecular formula is C14H16N2O3. The van der Waals surface area contributed by atoms with E-state index in [2.05, 4.69) is 6.07 Å². The van der Waals surface area contributed by atoms with Crippen LogP contribution in [-0.4, -0.2) is 24.8 Å². The number of amides is 1. The van der Waals surface area contributed by atoms with Gasteiger partial charge in [-0.3, -0.25) is 4.90 Å². The number of ether oxygens (including phenoxy) is 2. The van der Waals surface area contributed by atoms with Crippen LogP contribution >= 0.6 is 0 Å². The van der Waals surface area contributed by atoms with Crippen LogP contribution in [0.1, 0.15) is 26.3 Å². The Hall–Kier alpha value is -2.22. The summed E-state index contributed by atoms with van der Waals surface area (Å²) in [5.74, 6) is 0.594. The molecule has 0 aliphatic carbocycles. The van der Waals surface area contributed by atoms with Crippen LogP contribution in [0, 0.1) is 11.3 Å². The van der Waals surface area contributed by atoms with Crippen LogP contribution in [0.3, 0.4) is 0 Å². The summed E-state index contributed by atoms with van der Waals surface area (Å²) < 4.78 is 10.8. The normalized spacial score (nSPS) is 14.1. The molecule has 0 bridgehead atoms. The molecular weight excluding hydrogens is 244 g/mol. The minimum absolute atomic E-state index is 0.413. The molecule has 1 aromatic carbocycles. The number of nitriles is 1. The van der Waals surface area contributed by atoms with Gasteiger partial charge in [0.05, 0.1) is 23.9 Å². The summed E-state index contributed by atoms with van der Waals surface area (Å²) in [7, 11) is 0. The number of hydrogen-bond donors (Lipinski definition) is 0. The predicted molar refractivity (Wildman–Crippen MR) is 70.2 cm³/mol. The summed E-state index contributed by atoms with van der Waals surface area (Å²) in [4.78, 5) is 13.6. The van der Waals surface area contributed by atoms with Crippen LogP contribution in [-0.2, 0) is 4.74 Å². The first-order valence-electron chi connectivity index (χ1n) is 6.08. The Bertz CT molecular complexity index is 541. The van der Waals surface area contributed by atoms with E-state index in [1.165, 1.54) is 4.90 Å². The number of benzene rings is 1. The summed E-state index contributed by atoms with van der Waals surface area (Å²) in [6.07, 6.45) is -0.424. The van der Waals surface area contributed by atoms with E-state index in [4.69, 9.17) is 14.7 Å². The van der Waals surface area contributed by atoms with Gasteiger partial charge in [-0.05, 0) is 39.0 Å². The first-order valence-corrected chi connectivity index (χ1v) is 6.08. The number of fused-ring (bicyclic) bond motifs is 1.